The molecule has 0 aromatic heterocycles. The molecule has 1 aromatic carbocycles. The molecule has 1 aromatic rings. The van der Waals surface area contributed by atoms with E-state index in [9.17, 15) is 18.0 Å². The molecule has 2 N–H and O–H groups in total. The highest BCUT2D eigenvalue weighted by atomic mass is 19.4. The third-order valence-electron chi connectivity index (χ3n) is 2.67. The second kappa shape index (κ2) is 7.99. The Hall–Kier alpha value is -1.60. The van der Waals surface area contributed by atoms with E-state index in [1.54, 1.807) is 12.1 Å². The zero-order chi connectivity index (χ0) is 15.9. The van der Waals surface area contributed by atoms with Crippen LogP contribution in [0.15, 0.2) is 24.3 Å². The van der Waals surface area contributed by atoms with Crippen LogP contribution >= 0.6 is 0 Å². The Kier molecular flexibility index (Phi) is 6.64. The molecule has 0 aliphatic rings. The largest absolute Gasteiger partial charge is 0.411 e. The van der Waals surface area contributed by atoms with Gasteiger partial charge in [0.15, 0.2) is 0 Å². The maximum atomic E-state index is 11.9. The predicted octanol–water partition coefficient (Wildman–Crippen LogP) is 2.87. The van der Waals surface area contributed by atoms with E-state index < -0.39 is 12.8 Å². The van der Waals surface area contributed by atoms with Gasteiger partial charge in [0.1, 0.15) is 6.61 Å². The summed E-state index contributed by atoms with van der Waals surface area (Å²) in [6.07, 6.45) is -4.29. The summed E-state index contributed by atoms with van der Waals surface area (Å²) in [6.45, 7) is 2.36. The van der Waals surface area contributed by atoms with Crippen molar-refractivity contribution < 1.29 is 22.7 Å². The van der Waals surface area contributed by atoms with Crippen LogP contribution in [0.5, 0.6) is 0 Å². The van der Waals surface area contributed by atoms with Gasteiger partial charge in [0.2, 0.25) is 5.91 Å². The maximum Gasteiger partial charge on any atom is 0.411 e. The fourth-order valence-corrected chi connectivity index (χ4v) is 1.74. The van der Waals surface area contributed by atoms with Gasteiger partial charge in [0.25, 0.3) is 0 Å². The molecule has 0 aliphatic heterocycles. The zero-order valence-electron chi connectivity index (χ0n) is 12.0. The summed E-state index contributed by atoms with van der Waals surface area (Å²) in [5.41, 5.74) is 1.61. The highest BCUT2D eigenvalue weighted by Gasteiger charge is 2.27. The fourth-order valence-electron chi connectivity index (χ4n) is 1.74. The second-order valence-electron chi connectivity index (χ2n) is 4.65. The Balaban J connectivity index is 2.38. The molecule has 21 heavy (non-hydrogen) atoms. The number of alkyl halides is 3. The normalized spacial score (nSPS) is 13.0. The fraction of sp³-hybridized carbons (Fsp3) is 0.500. The molecule has 0 bridgehead atoms. The van der Waals surface area contributed by atoms with E-state index in [-0.39, 0.29) is 18.6 Å². The highest BCUT2D eigenvalue weighted by molar-refractivity contribution is 5.88. The second-order valence-corrected chi connectivity index (χ2v) is 4.65. The molecule has 0 spiro atoms. The zero-order valence-corrected chi connectivity index (χ0v) is 12.0. The molecule has 0 fully saturated rings. The lowest BCUT2D eigenvalue weighted by molar-refractivity contribution is -0.173. The van der Waals surface area contributed by atoms with Gasteiger partial charge >= 0.3 is 6.18 Å². The monoisotopic (exact) mass is 304 g/mol. The first-order valence-electron chi connectivity index (χ1n) is 6.53. The molecule has 0 saturated carbocycles. The van der Waals surface area contributed by atoms with E-state index in [0.717, 1.165) is 5.56 Å². The van der Waals surface area contributed by atoms with E-state index in [2.05, 4.69) is 15.4 Å². The molecule has 4 nitrogen and oxygen atoms in total. The van der Waals surface area contributed by atoms with E-state index in [1.165, 1.54) is 6.92 Å². The van der Waals surface area contributed by atoms with Crippen LogP contribution < -0.4 is 10.6 Å². The summed E-state index contributed by atoms with van der Waals surface area (Å²) in [4.78, 5) is 11.0. The predicted molar refractivity (Wildman–Crippen MR) is 74.0 cm³/mol. The number of hydrogen-bond acceptors (Lipinski definition) is 3. The number of ether oxygens (including phenoxy) is 1. The molecule has 7 heteroatoms. The Bertz CT molecular complexity index is 464. The van der Waals surface area contributed by atoms with Crippen LogP contribution in [0, 0.1) is 0 Å². The molecule has 0 heterocycles. The van der Waals surface area contributed by atoms with Crippen LogP contribution in [0.1, 0.15) is 25.5 Å². The van der Waals surface area contributed by atoms with E-state index >= 15 is 0 Å². The first-order chi connectivity index (χ1) is 9.78. The Morgan fingerprint density at radius 1 is 1.38 bits per heavy atom. The minimum absolute atomic E-state index is 0.0186. The van der Waals surface area contributed by atoms with E-state index in [1.807, 2.05) is 19.1 Å². The number of amides is 1. The average molecular weight is 304 g/mol. The standard InChI is InChI=1S/C14H19F3N2O2/c1-10(18-6-7-21-9-14(15,16)17)12-4-3-5-13(8-12)19-11(2)20/h3-5,8,10,18H,6-7,9H2,1-2H3,(H,19,20). The lowest BCUT2D eigenvalue weighted by Crippen LogP contribution is -2.26. The topological polar surface area (TPSA) is 50.4 Å². The molecule has 1 atom stereocenters. The summed E-state index contributed by atoms with van der Waals surface area (Å²) in [7, 11) is 0. The first kappa shape index (κ1) is 17.5. The summed E-state index contributed by atoms with van der Waals surface area (Å²) >= 11 is 0. The molecule has 0 aliphatic carbocycles. The SMILES string of the molecule is CC(=O)Nc1cccc(C(C)NCCOCC(F)(F)F)c1. The molecule has 1 amide bonds. The minimum atomic E-state index is -4.29. The van der Waals surface area contributed by atoms with Crippen molar-refractivity contribution in [3.05, 3.63) is 29.8 Å². The van der Waals surface area contributed by atoms with Crippen molar-refractivity contribution in [2.75, 3.05) is 25.1 Å². The first-order valence-corrected chi connectivity index (χ1v) is 6.53. The highest BCUT2D eigenvalue weighted by Crippen LogP contribution is 2.17. The van der Waals surface area contributed by atoms with Crippen molar-refractivity contribution in [2.24, 2.45) is 0 Å². The lowest BCUT2D eigenvalue weighted by Gasteiger charge is -2.16. The molecule has 1 rings (SSSR count). The van der Waals surface area contributed by atoms with Crippen LogP contribution in [0.2, 0.25) is 0 Å². The van der Waals surface area contributed by atoms with Crippen molar-refractivity contribution in [2.45, 2.75) is 26.1 Å². The number of nitrogens with one attached hydrogen (secondary N) is 2. The van der Waals surface area contributed by atoms with Gasteiger partial charge in [-0.3, -0.25) is 4.79 Å². The molecule has 1 unspecified atom stereocenters. The average Bonchev–Trinajstić information content (AvgIpc) is 2.36. The van der Waals surface area contributed by atoms with Crippen molar-refractivity contribution in [3.8, 4) is 0 Å². The number of benzene rings is 1. The number of rotatable bonds is 7. The molecular formula is C14H19F3N2O2. The number of carbonyl (C=O) groups is 1. The minimum Gasteiger partial charge on any atom is -0.371 e. The van der Waals surface area contributed by atoms with Gasteiger partial charge in [-0.1, -0.05) is 12.1 Å². The summed E-state index contributed by atoms with van der Waals surface area (Å²) in [5.74, 6) is -0.159. The lowest BCUT2D eigenvalue weighted by atomic mass is 10.1. The molecule has 0 radical (unpaired) electrons. The van der Waals surface area contributed by atoms with Crippen molar-refractivity contribution in [1.29, 1.82) is 0 Å². The smallest absolute Gasteiger partial charge is 0.371 e. The van der Waals surface area contributed by atoms with Gasteiger partial charge in [-0.25, -0.2) is 0 Å². The summed E-state index contributed by atoms with van der Waals surface area (Å²) in [5, 5.41) is 5.74. The third kappa shape index (κ3) is 7.67. The van der Waals surface area contributed by atoms with Crippen molar-refractivity contribution >= 4 is 11.6 Å². The molecule has 0 saturated heterocycles. The van der Waals surface area contributed by atoms with Crippen LogP contribution in [0.4, 0.5) is 18.9 Å². The van der Waals surface area contributed by atoms with Gasteiger partial charge in [0, 0.05) is 25.2 Å². The van der Waals surface area contributed by atoms with Crippen LogP contribution in [0.3, 0.4) is 0 Å². The van der Waals surface area contributed by atoms with Crippen LogP contribution in [-0.4, -0.2) is 31.8 Å². The molecule has 118 valence electrons. The third-order valence-corrected chi connectivity index (χ3v) is 2.67. The van der Waals surface area contributed by atoms with E-state index in [0.29, 0.717) is 12.2 Å². The summed E-state index contributed by atoms with van der Waals surface area (Å²) in [6, 6.07) is 7.20. The van der Waals surface area contributed by atoms with E-state index in [4.69, 9.17) is 0 Å². The van der Waals surface area contributed by atoms with Gasteiger partial charge in [0.05, 0.1) is 6.61 Å². The Morgan fingerprint density at radius 2 is 2.10 bits per heavy atom. The maximum absolute atomic E-state index is 11.9. The quantitative estimate of drug-likeness (QED) is 0.762. The van der Waals surface area contributed by atoms with Crippen molar-refractivity contribution in [3.63, 3.8) is 0 Å². The number of anilines is 1. The number of hydrogen-bond donors (Lipinski definition) is 2. The van der Waals surface area contributed by atoms with Crippen LogP contribution in [-0.2, 0) is 9.53 Å². The van der Waals surface area contributed by atoms with Gasteiger partial charge in [-0.2, -0.15) is 13.2 Å². The number of carbonyl (C=O) groups excluding carboxylic acids is 1. The summed E-state index contributed by atoms with van der Waals surface area (Å²) < 4.78 is 40.1. The number of halogens is 3. The van der Waals surface area contributed by atoms with Gasteiger partial charge in [-0.15, -0.1) is 0 Å². The Labute approximate surface area is 121 Å². The van der Waals surface area contributed by atoms with Crippen molar-refractivity contribution in [1.82, 2.24) is 5.32 Å². The Morgan fingerprint density at radius 3 is 2.71 bits per heavy atom. The van der Waals surface area contributed by atoms with Gasteiger partial charge in [-0.05, 0) is 24.6 Å². The molecular weight excluding hydrogens is 285 g/mol. The van der Waals surface area contributed by atoms with Crippen LogP contribution in [0.25, 0.3) is 0 Å². The van der Waals surface area contributed by atoms with Gasteiger partial charge < -0.3 is 15.4 Å².